The molecule has 0 unspecified atom stereocenters. The average molecular weight is 324 g/mol. The fraction of sp³-hybridized carbons (Fsp3) is 0.316. The molecule has 3 aromatic rings. The fourth-order valence-electron chi connectivity index (χ4n) is 3.38. The van der Waals surface area contributed by atoms with Crippen LogP contribution < -0.4 is 4.74 Å². The molecule has 0 spiro atoms. The minimum absolute atomic E-state index is 0.493. The number of rotatable bonds is 4. The predicted octanol–water partition coefficient (Wildman–Crippen LogP) is 4.64. The van der Waals surface area contributed by atoms with Gasteiger partial charge >= 0.3 is 0 Å². The lowest BCUT2D eigenvalue weighted by atomic mass is 10.0. The Morgan fingerprint density at radius 2 is 2.00 bits per heavy atom. The third-order valence-corrected chi connectivity index (χ3v) is 5.56. The van der Waals surface area contributed by atoms with E-state index in [-0.39, 0.29) is 0 Å². The highest BCUT2D eigenvalue weighted by Crippen LogP contribution is 2.35. The van der Waals surface area contributed by atoms with Crippen molar-refractivity contribution in [3.8, 4) is 5.75 Å². The number of aromatic nitrogens is 1. The predicted molar refractivity (Wildman–Crippen MR) is 95.0 cm³/mol. The van der Waals surface area contributed by atoms with Crippen LogP contribution in [0, 0.1) is 0 Å². The molecular formula is C19H20N2OS. The molecule has 1 aliphatic rings. The van der Waals surface area contributed by atoms with Gasteiger partial charge in [0.25, 0.3) is 0 Å². The van der Waals surface area contributed by atoms with Crippen LogP contribution in [0.4, 0.5) is 0 Å². The van der Waals surface area contributed by atoms with Crippen LogP contribution in [-0.2, 0) is 6.54 Å². The highest BCUT2D eigenvalue weighted by Gasteiger charge is 2.26. The summed E-state index contributed by atoms with van der Waals surface area (Å²) in [5.74, 6) is 0.921. The van der Waals surface area contributed by atoms with Gasteiger partial charge in [0.05, 0.1) is 23.9 Å². The smallest absolute Gasteiger partial charge is 0.118 e. The van der Waals surface area contributed by atoms with Crippen molar-refractivity contribution in [1.82, 2.24) is 9.88 Å². The number of benzene rings is 2. The van der Waals surface area contributed by atoms with Crippen LogP contribution >= 0.6 is 11.3 Å². The maximum Gasteiger partial charge on any atom is 0.118 e. The van der Waals surface area contributed by atoms with Crippen molar-refractivity contribution in [3.05, 3.63) is 59.1 Å². The van der Waals surface area contributed by atoms with Gasteiger partial charge in [-0.1, -0.05) is 24.3 Å². The number of hydrogen-bond donors (Lipinski definition) is 0. The third-order valence-electron chi connectivity index (χ3n) is 4.54. The van der Waals surface area contributed by atoms with Gasteiger partial charge in [-0.2, -0.15) is 0 Å². The first-order valence-corrected chi connectivity index (χ1v) is 8.87. The van der Waals surface area contributed by atoms with Crippen LogP contribution in [0.2, 0.25) is 0 Å². The van der Waals surface area contributed by atoms with Gasteiger partial charge in [0.15, 0.2) is 0 Å². The summed E-state index contributed by atoms with van der Waals surface area (Å²) in [6.45, 7) is 2.09. The maximum atomic E-state index is 5.27. The Kier molecular flexibility index (Phi) is 4.02. The van der Waals surface area contributed by atoms with E-state index in [9.17, 15) is 0 Å². The summed E-state index contributed by atoms with van der Waals surface area (Å²) in [6, 6.07) is 17.4. The van der Waals surface area contributed by atoms with E-state index in [1.807, 2.05) is 11.3 Å². The van der Waals surface area contributed by atoms with Crippen LogP contribution in [-0.4, -0.2) is 23.5 Å². The molecule has 0 saturated carbocycles. The van der Waals surface area contributed by atoms with Gasteiger partial charge in [0, 0.05) is 6.04 Å². The Morgan fingerprint density at radius 1 is 1.17 bits per heavy atom. The maximum absolute atomic E-state index is 5.27. The van der Waals surface area contributed by atoms with Crippen molar-refractivity contribution in [3.63, 3.8) is 0 Å². The molecule has 1 fully saturated rings. The number of hydrogen-bond acceptors (Lipinski definition) is 4. The van der Waals surface area contributed by atoms with E-state index in [4.69, 9.17) is 9.72 Å². The first-order chi connectivity index (χ1) is 11.3. The van der Waals surface area contributed by atoms with E-state index in [1.165, 1.54) is 28.1 Å². The second kappa shape index (κ2) is 6.30. The van der Waals surface area contributed by atoms with Crippen LogP contribution in [0.25, 0.3) is 10.2 Å². The Balaban J connectivity index is 1.54. The molecule has 0 radical (unpaired) electrons. The molecule has 3 nitrogen and oxygen atoms in total. The normalized spacial score (nSPS) is 18.6. The third kappa shape index (κ3) is 2.96. The molecule has 1 aliphatic heterocycles. The van der Waals surface area contributed by atoms with E-state index >= 15 is 0 Å². The molecule has 2 heterocycles. The largest absolute Gasteiger partial charge is 0.497 e. The monoisotopic (exact) mass is 324 g/mol. The average Bonchev–Trinajstić information content (AvgIpc) is 3.21. The van der Waals surface area contributed by atoms with Gasteiger partial charge < -0.3 is 4.74 Å². The number of ether oxygens (including phenoxy) is 1. The summed E-state index contributed by atoms with van der Waals surface area (Å²) in [6.07, 6.45) is 2.47. The van der Waals surface area contributed by atoms with E-state index in [2.05, 4.69) is 53.4 Å². The first-order valence-electron chi connectivity index (χ1n) is 8.06. The second-order valence-electron chi connectivity index (χ2n) is 5.98. The molecule has 0 aliphatic carbocycles. The highest BCUT2D eigenvalue weighted by atomic mass is 32.1. The van der Waals surface area contributed by atoms with Gasteiger partial charge in [-0.05, 0) is 49.2 Å². The first kappa shape index (κ1) is 14.7. The van der Waals surface area contributed by atoms with Gasteiger partial charge in [0.1, 0.15) is 10.8 Å². The summed E-state index contributed by atoms with van der Waals surface area (Å²) >= 11 is 1.81. The molecule has 23 heavy (non-hydrogen) atoms. The molecule has 0 N–H and O–H groups in total. The number of thiazole rings is 1. The molecule has 1 aromatic heterocycles. The number of methoxy groups -OCH3 is 1. The summed E-state index contributed by atoms with van der Waals surface area (Å²) in [7, 11) is 1.71. The summed E-state index contributed by atoms with van der Waals surface area (Å²) in [5, 5.41) is 1.21. The van der Waals surface area contributed by atoms with Gasteiger partial charge in [0.2, 0.25) is 0 Å². The second-order valence-corrected chi connectivity index (χ2v) is 7.09. The lowest BCUT2D eigenvalue weighted by Crippen LogP contribution is -2.22. The minimum atomic E-state index is 0.493. The summed E-state index contributed by atoms with van der Waals surface area (Å²) in [5.41, 5.74) is 2.50. The molecule has 2 aromatic carbocycles. The van der Waals surface area contributed by atoms with E-state index in [0.717, 1.165) is 24.4 Å². The van der Waals surface area contributed by atoms with Crippen LogP contribution in [0.5, 0.6) is 5.75 Å². The van der Waals surface area contributed by atoms with Crippen molar-refractivity contribution in [1.29, 1.82) is 0 Å². The zero-order valence-corrected chi connectivity index (χ0v) is 14.1. The standard InChI is InChI=1S/C19H20N2OS/c1-22-15-10-8-14(9-11-15)17-6-4-12-21(17)13-19-20-16-5-2-3-7-18(16)23-19/h2-3,5,7-11,17H,4,6,12-13H2,1H3/t17-/m0/s1. The van der Waals surface area contributed by atoms with Crippen molar-refractivity contribution < 1.29 is 4.74 Å². The van der Waals surface area contributed by atoms with Crippen molar-refractivity contribution >= 4 is 21.6 Å². The van der Waals surface area contributed by atoms with Crippen LogP contribution in [0.15, 0.2) is 48.5 Å². The SMILES string of the molecule is COc1ccc([C@@H]2CCCN2Cc2nc3ccccc3s2)cc1. The van der Waals surface area contributed by atoms with Crippen LogP contribution in [0.1, 0.15) is 29.5 Å². The highest BCUT2D eigenvalue weighted by molar-refractivity contribution is 7.18. The number of nitrogens with zero attached hydrogens (tertiary/aromatic N) is 2. The minimum Gasteiger partial charge on any atom is -0.497 e. The Hall–Kier alpha value is -1.91. The number of fused-ring (bicyclic) bond motifs is 1. The molecule has 0 amide bonds. The quantitative estimate of drug-likeness (QED) is 0.699. The zero-order chi connectivity index (χ0) is 15.6. The van der Waals surface area contributed by atoms with E-state index in [0.29, 0.717) is 6.04 Å². The molecule has 4 rings (SSSR count). The van der Waals surface area contributed by atoms with Gasteiger partial charge in [-0.3, -0.25) is 4.90 Å². The van der Waals surface area contributed by atoms with Gasteiger partial charge in [-0.25, -0.2) is 4.98 Å². The summed E-state index contributed by atoms with van der Waals surface area (Å²) < 4.78 is 6.55. The molecule has 4 heteroatoms. The molecule has 0 bridgehead atoms. The van der Waals surface area contributed by atoms with E-state index < -0.39 is 0 Å². The van der Waals surface area contributed by atoms with Crippen molar-refractivity contribution in [2.45, 2.75) is 25.4 Å². The lowest BCUT2D eigenvalue weighted by molar-refractivity contribution is 0.248. The number of para-hydroxylation sites is 1. The van der Waals surface area contributed by atoms with E-state index in [1.54, 1.807) is 7.11 Å². The number of likely N-dealkylation sites (tertiary alicyclic amines) is 1. The molecule has 1 saturated heterocycles. The van der Waals surface area contributed by atoms with Crippen molar-refractivity contribution in [2.24, 2.45) is 0 Å². The Bertz CT molecular complexity index is 763. The topological polar surface area (TPSA) is 25.4 Å². The van der Waals surface area contributed by atoms with Gasteiger partial charge in [-0.15, -0.1) is 11.3 Å². The fourth-order valence-corrected chi connectivity index (χ4v) is 4.37. The van der Waals surface area contributed by atoms with Crippen LogP contribution in [0.3, 0.4) is 0 Å². The summed E-state index contributed by atoms with van der Waals surface area (Å²) in [4.78, 5) is 7.34. The lowest BCUT2D eigenvalue weighted by Gasteiger charge is -2.24. The Labute approximate surface area is 140 Å². The molecule has 118 valence electrons. The van der Waals surface area contributed by atoms with Crippen molar-refractivity contribution in [2.75, 3.05) is 13.7 Å². The zero-order valence-electron chi connectivity index (χ0n) is 13.2. The molecular weight excluding hydrogens is 304 g/mol. The Morgan fingerprint density at radius 3 is 2.78 bits per heavy atom. The molecule has 1 atom stereocenters.